The van der Waals surface area contributed by atoms with Crippen LogP contribution in [-0.2, 0) is 52.5 Å². The van der Waals surface area contributed by atoms with Crippen molar-refractivity contribution >= 4 is 29.7 Å². The molecule has 7 rings (SSSR count). The summed E-state index contributed by atoms with van der Waals surface area (Å²) in [5, 5.41) is 34.8. The van der Waals surface area contributed by atoms with E-state index in [1.807, 2.05) is 13.8 Å². The summed E-state index contributed by atoms with van der Waals surface area (Å²) < 4.78 is 30.0. The van der Waals surface area contributed by atoms with Gasteiger partial charge in [-0.05, 0) is 45.1 Å². The fraction of sp³-hybridized carbons (Fsp3) is 0.800. The average Bonchev–Trinajstić information content (AvgIpc) is 3.69. The van der Waals surface area contributed by atoms with Crippen molar-refractivity contribution in [2.45, 2.75) is 117 Å². The molecule has 0 aromatic heterocycles. The van der Waals surface area contributed by atoms with Gasteiger partial charge in [0, 0.05) is 61.2 Å². The summed E-state index contributed by atoms with van der Waals surface area (Å²) in [6, 6.07) is 0. The van der Waals surface area contributed by atoms with E-state index in [9.17, 15) is 39.4 Å². The number of carbonyl (C=O) groups is 5. The molecule has 5 aliphatic carbocycles. The van der Waals surface area contributed by atoms with Crippen LogP contribution in [0.3, 0.4) is 0 Å². The lowest BCUT2D eigenvalue weighted by Gasteiger charge is -2.66. The largest absolute Gasteiger partial charge is 0.462 e. The number of ketones is 1. The highest BCUT2D eigenvalue weighted by Gasteiger charge is 2.84. The predicted molar refractivity (Wildman–Crippen MR) is 162 cm³/mol. The third-order valence-corrected chi connectivity index (χ3v) is 14.3. The van der Waals surface area contributed by atoms with Crippen molar-refractivity contribution in [2.75, 3.05) is 0 Å². The Bertz CT molecular complexity index is 1570. The monoisotopic (exact) mass is 690 g/mol. The Labute approximate surface area is 283 Å². The standard InChI is InChI=1S/C35H46O14/c1-12-20-19(24(40)23(39)16-10-17-25(47-17)29(32(16,20)6)46-15(4)38)21-26(44-13(2)36)22-27(33(21,7)28(12)45-14(3)37)31(5,49-43)11-18-34(22,8)35(9,42)30(41)48-18/h11-12,16-17,19-22,24-29,40,42-43H,10H2,1-9H3/t12?,16-,17+,19-,20?,21-,22-,24-,25+,26-,27-,28+,29+,31-,32+,33+,34+,35-/m1/s1. The number of esters is 4. The van der Waals surface area contributed by atoms with Crippen LogP contribution in [-0.4, -0.2) is 93.0 Å². The lowest BCUT2D eigenvalue weighted by atomic mass is 9.39. The zero-order valence-electron chi connectivity index (χ0n) is 29.1. The van der Waals surface area contributed by atoms with Crippen LogP contribution in [0.1, 0.15) is 68.7 Å². The van der Waals surface area contributed by atoms with Crippen molar-refractivity contribution in [1.82, 2.24) is 0 Å². The number of ether oxygens (including phenoxy) is 5. The number of rotatable bonds is 4. The van der Waals surface area contributed by atoms with Gasteiger partial charge in [-0.1, -0.05) is 20.8 Å². The normalized spacial score (nSPS) is 54.9. The second kappa shape index (κ2) is 10.3. The molecule has 49 heavy (non-hydrogen) atoms. The minimum absolute atomic E-state index is 0.000227. The number of Topliss-reactive ketones (excluding diaryl/α,β-unsaturated/α-hetero) is 1. The van der Waals surface area contributed by atoms with Gasteiger partial charge in [0.2, 0.25) is 0 Å². The van der Waals surface area contributed by atoms with Gasteiger partial charge in [0.1, 0.15) is 41.9 Å². The van der Waals surface area contributed by atoms with Crippen LogP contribution in [0, 0.1) is 57.7 Å². The van der Waals surface area contributed by atoms with Gasteiger partial charge in [-0.3, -0.25) is 24.4 Å². The van der Waals surface area contributed by atoms with E-state index in [1.54, 1.807) is 20.8 Å². The maximum absolute atomic E-state index is 14.5. The van der Waals surface area contributed by atoms with E-state index in [2.05, 4.69) is 0 Å². The maximum Gasteiger partial charge on any atom is 0.343 e. The van der Waals surface area contributed by atoms with Gasteiger partial charge in [0.05, 0.1) is 11.5 Å². The second-order valence-corrected chi connectivity index (χ2v) is 16.6. The molecule has 14 heteroatoms. The number of fused-ring (bicyclic) bond motifs is 10. The smallest absolute Gasteiger partial charge is 0.343 e. The van der Waals surface area contributed by atoms with Gasteiger partial charge in [0.15, 0.2) is 11.4 Å². The Kier molecular flexibility index (Phi) is 7.28. The number of hydrogen-bond donors (Lipinski definition) is 3. The number of carbonyl (C=O) groups excluding carboxylic acids is 5. The topological polar surface area (TPSA) is 205 Å². The van der Waals surface area contributed by atoms with Crippen LogP contribution in [0.2, 0.25) is 0 Å². The molecule has 2 heterocycles. The molecule has 14 nitrogen and oxygen atoms in total. The fourth-order valence-corrected chi connectivity index (χ4v) is 12.6. The minimum Gasteiger partial charge on any atom is -0.462 e. The van der Waals surface area contributed by atoms with E-state index in [0.717, 1.165) is 0 Å². The van der Waals surface area contributed by atoms with Crippen molar-refractivity contribution in [2.24, 2.45) is 57.7 Å². The molecule has 270 valence electrons. The molecule has 0 aromatic rings. The highest BCUT2D eigenvalue weighted by atomic mass is 17.1. The van der Waals surface area contributed by atoms with E-state index >= 15 is 0 Å². The summed E-state index contributed by atoms with van der Waals surface area (Å²) in [6.45, 7) is 13.7. The third kappa shape index (κ3) is 4.03. The molecule has 0 radical (unpaired) electrons. The molecule has 7 aliphatic rings. The van der Waals surface area contributed by atoms with Crippen LogP contribution >= 0.6 is 0 Å². The van der Waals surface area contributed by atoms with Crippen LogP contribution in [0.4, 0.5) is 0 Å². The first-order valence-electron chi connectivity index (χ1n) is 17.0. The maximum atomic E-state index is 14.5. The average molecular weight is 691 g/mol. The molecule has 0 aromatic carbocycles. The molecular formula is C35H46O14. The molecule has 0 bridgehead atoms. The molecular weight excluding hydrogens is 644 g/mol. The van der Waals surface area contributed by atoms with E-state index in [0.29, 0.717) is 6.42 Å². The summed E-state index contributed by atoms with van der Waals surface area (Å²) in [5.74, 6) is -9.41. The van der Waals surface area contributed by atoms with Gasteiger partial charge in [-0.2, -0.15) is 0 Å². The Morgan fingerprint density at radius 3 is 2.04 bits per heavy atom. The lowest BCUT2D eigenvalue weighted by Crippen LogP contribution is -2.72. The molecule has 0 spiro atoms. The Balaban J connectivity index is 1.53. The Morgan fingerprint density at radius 2 is 1.47 bits per heavy atom. The summed E-state index contributed by atoms with van der Waals surface area (Å²) >= 11 is 0. The van der Waals surface area contributed by atoms with E-state index in [4.69, 9.17) is 28.6 Å². The molecule has 2 unspecified atom stereocenters. The summed E-state index contributed by atoms with van der Waals surface area (Å²) in [6.07, 6.45) is -3.82. The number of hydrogen-bond acceptors (Lipinski definition) is 14. The summed E-state index contributed by atoms with van der Waals surface area (Å²) in [5.41, 5.74) is -7.90. The van der Waals surface area contributed by atoms with Crippen LogP contribution in [0.25, 0.3) is 0 Å². The van der Waals surface area contributed by atoms with Crippen molar-refractivity contribution in [3.8, 4) is 0 Å². The molecule has 0 amide bonds. The van der Waals surface area contributed by atoms with E-state index < -0.39 is 129 Å². The van der Waals surface area contributed by atoms with Crippen LogP contribution in [0.5, 0.6) is 0 Å². The van der Waals surface area contributed by atoms with Crippen molar-refractivity contribution in [3.63, 3.8) is 0 Å². The molecule has 4 saturated carbocycles. The van der Waals surface area contributed by atoms with Gasteiger partial charge in [-0.25, -0.2) is 9.68 Å². The highest BCUT2D eigenvalue weighted by Crippen LogP contribution is 2.77. The number of aliphatic hydroxyl groups excluding tert-OH is 1. The van der Waals surface area contributed by atoms with Crippen molar-refractivity contribution in [1.29, 1.82) is 0 Å². The SMILES string of the molecule is CC(=O)O[C@@H]1[C@H]2[C@H]3C(C(C)[C@H](OC(C)=O)[C@]2(C)[C@@H]2[C@@H]1[C@]1(C)C(=C[C@@]2(C)OO)OC(=O)[C@@]1(C)O)[C@]1(C)[C@H](C[C@@H]2O[C@@H]2[C@@H]1OC(C)=O)C(=O)[C@@H]3O. The highest BCUT2D eigenvalue weighted by molar-refractivity contribution is 5.88. The number of epoxide rings is 1. The van der Waals surface area contributed by atoms with Crippen molar-refractivity contribution in [3.05, 3.63) is 11.8 Å². The first kappa shape index (κ1) is 34.5. The Morgan fingerprint density at radius 1 is 0.878 bits per heavy atom. The van der Waals surface area contributed by atoms with Crippen LogP contribution < -0.4 is 0 Å². The third-order valence-electron chi connectivity index (χ3n) is 14.3. The zero-order chi connectivity index (χ0) is 36.1. The predicted octanol–water partition coefficient (Wildman–Crippen LogP) is 1.73. The second-order valence-electron chi connectivity index (χ2n) is 16.6. The zero-order valence-corrected chi connectivity index (χ0v) is 29.1. The molecule has 3 N–H and O–H groups in total. The Hall–Kier alpha value is -2.91. The summed E-state index contributed by atoms with van der Waals surface area (Å²) in [7, 11) is 0. The number of aliphatic hydroxyl groups is 2. The van der Waals surface area contributed by atoms with Crippen LogP contribution in [0.15, 0.2) is 11.8 Å². The van der Waals surface area contributed by atoms with E-state index in [-0.39, 0.29) is 11.9 Å². The minimum atomic E-state index is -2.16. The fourth-order valence-electron chi connectivity index (χ4n) is 12.6. The molecule has 2 aliphatic heterocycles. The first-order chi connectivity index (χ1) is 22.6. The van der Waals surface area contributed by atoms with Crippen molar-refractivity contribution < 1.29 is 68.0 Å². The molecule has 6 fully saturated rings. The lowest BCUT2D eigenvalue weighted by molar-refractivity contribution is -0.342. The van der Waals surface area contributed by atoms with Gasteiger partial charge in [-0.15, -0.1) is 0 Å². The molecule has 18 atom stereocenters. The van der Waals surface area contributed by atoms with Gasteiger partial charge < -0.3 is 33.9 Å². The quantitative estimate of drug-likeness (QED) is 0.126. The van der Waals surface area contributed by atoms with E-state index in [1.165, 1.54) is 33.8 Å². The van der Waals surface area contributed by atoms with Gasteiger partial charge in [0.25, 0.3) is 0 Å². The molecule has 2 saturated heterocycles. The first-order valence-corrected chi connectivity index (χ1v) is 17.0. The van der Waals surface area contributed by atoms with Gasteiger partial charge >= 0.3 is 23.9 Å². The summed E-state index contributed by atoms with van der Waals surface area (Å²) in [4.78, 5) is 71.7.